The van der Waals surface area contributed by atoms with Crippen LogP contribution in [0.5, 0.6) is 0 Å². The van der Waals surface area contributed by atoms with Crippen molar-refractivity contribution in [3.8, 4) is 0 Å². The summed E-state index contributed by atoms with van der Waals surface area (Å²) in [6, 6.07) is 4.19. The Bertz CT molecular complexity index is 478. The molecule has 20 heavy (non-hydrogen) atoms. The molecule has 0 aliphatic rings. The van der Waals surface area contributed by atoms with Gasteiger partial charge in [0.05, 0.1) is 6.61 Å². The number of aliphatic hydroxyl groups excluding tert-OH is 1. The van der Waals surface area contributed by atoms with E-state index >= 15 is 0 Å². The number of carbonyl (C=O) groups is 2. The average molecular weight is 284 g/mol. The maximum absolute atomic E-state index is 12.9. The predicted molar refractivity (Wildman–Crippen MR) is 69.6 cm³/mol. The van der Waals surface area contributed by atoms with Crippen LogP contribution in [-0.2, 0) is 10.3 Å². The number of aliphatic hydroxyl groups is 1. The molecule has 0 saturated heterocycles. The molecule has 0 spiro atoms. The SMILES string of the molecule is CC[C@](NC(=O)NCCO)(C(=O)O)c1ccc(F)cc1. The number of halogens is 1. The number of rotatable bonds is 6. The van der Waals surface area contributed by atoms with Gasteiger partial charge in [-0.3, -0.25) is 0 Å². The number of hydrogen-bond acceptors (Lipinski definition) is 3. The van der Waals surface area contributed by atoms with Crippen LogP contribution < -0.4 is 10.6 Å². The molecule has 0 bridgehead atoms. The number of carboxylic acid groups (broad SMARTS) is 1. The van der Waals surface area contributed by atoms with Crippen LogP contribution in [0.15, 0.2) is 24.3 Å². The summed E-state index contributed by atoms with van der Waals surface area (Å²) in [7, 11) is 0. The molecule has 0 aliphatic heterocycles. The second-order valence-corrected chi connectivity index (χ2v) is 4.18. The quantitative estimate of drug-likeness (QED) is 0.621. The molecule has 0 radical (unpaired) electrons. The minimum absolute atomic E-state index is 0.00860. The Morgan fingerprint density at radius 2 is 1.90 bits per heavy atom. The Hall–Kier alpha value is -2.15. The van der Waals surface area contributed by atoms with E-state index in [9.17, 15) is 19.1 Å². The van der Waals surface area contributed by atoms with E-state index in [2.05, 4.69) is 10.6 Å². The highest BCUT2D eigenvalue weighted by Gasteiger charge is 2.40. The van der Waals surface area contributed by atoms with Crippen LogP contribution in [0.3, 0.4) is 0 Å². The van der Waals surface area contributed by atoms with Crippen molar-refractivity contribution in [2.45, 2.75) is 18.9 Å². The highest BCUT2D eigenvalue weighted by molar-refractivity contribution is 5.87. The van der Waals surface area contributed by atoms with E-state index < -0.39 is 23.4 Å². The maximum Gasteiger partial charge on any atom is 0.334 e. The van der Waals surface area contributed by atoms with Gasteiger partial charge in [0.15, 0.2) is 5.54 Å². The zero-order valence-electron chi connectivity index (χ0n) is 11.0. The second-order valence-electron chi connectivity index (χ2n) is 4.18. The first kappa shape index (κ1) is 15.9. The van der Waals surface area contributed by atoms with Gasteiger partial charge >= 0.3 is 12.0 Å². The molecule has 4 N–H and O–H groups in total. The van der Waals surface area contributed by atoms with Gasteiger partial charge in [-0.1, -0.05) is 19.1 Å². The maximum atomic E-state index is 12.9. The number of benzene rings is 1. The van der Waals surface area contributed by atoms with Gasteiger partial charge in [-0.05, 0) is 24.1 Å². The molecule has 0 heterocycles. The van der Waals surface area contributed by atoms with Crippen molar-refractivity contribution < 1.29 is 24.2 Å². The standard InChI is InChI=1S/C13H17FN2O4/c1-2-13(11(18)19,16-12(20)15-7-8-17)9-3-5-10(14)6-4-9/h3-6,17H,2,7-8H2,1H3,(H,18,19)(H2,15,16,20)/t13-/m1/s1. The Kier molecular flexibility index (Phi) is 5.45. The van der Waals surface area contributed by atoms with Crippen molar-refractivity contribution in [1.29, 1.82) is 0 Å². The zero-order chi connectivity index (χ0) is 15.2. The molecule has 1 atom stereocenters. The Balaban J connectivity index is 3.06. The van der Waals surface area contributed by atoms with Gasteiger partial charge in [0.25, 0.3) is 0 Å². The minimum Gasteiger partial charge on any atom is -0.479 e. The lowest BCUT2D eigenvalue weighted by atomic mass is 9.87. The smallest absolute Gasteiger partial charge is 0.334 e. The number of urea groups is 1. The van der Waals surface area contributed by atoms with Crippen LogP contribution in [0.1, 0.15) is 18.9 Å². The molecule has 1 aromatic rings. The first-order chi connectivity index (χ1) is 9.46. The second kappa shape index (κ2) is 6.85. The number of carbonyl (C=O) groups excluding carboxylic acids is 1. The fourth-order valence-electron chi connectivity index (χ4n) is 1.83. The molecule has 0 aliphatic carbocycles. The fourth-order valence-corrected chi connectivity index (χ4v) is 1.83. The van der Waals surface area contributed by atoms with Crippen LogP contribution >= 0.6 is 0 Å². The third-order valence-corrected chi connectivity index (χ3v) is 2.96. The van der Waals surface area contributed by atoms with E-state index in [0.717, 1.165) is 12.1 Å². The summed E-state index contributed by atoms with van der Waals surface area (Å²) in [5, 5.41) is 22.7. The van der Waals surface area contributed by atoms with Crippen LogP contribution in [0.25, 0.3) is 0 Å². The zero-order valence-corrected chi connectivity index (χ0v) is 11.0. The first-order valence-electron chi connectivity index (χ1n) is 6.12. The molecule has 0 fully saturated rings. The van der Waals surface area contributed by atoms with Gasteiger partial charge in [0.1, 0.15) is 5.82 Å². The molecule has 7 heteroatoms. The summed E-state index contributed by atoms with van der Waals surface area (Å²) in [4.78, 5) is 23.2. The van der Waals surface area contributed by atoms with Gasteiger partial charge in [0, 0.05) is 6.54 Å². The summed E-state index contributed by atoms with van der Waals surface area (Å²) in [5.41, 5.74) is -1.37. The number of hydrogen-bond donors (Lipinski definition) is 4. The number of aliphatic carboxylic acids is 1. The lowest BCUT2D eigenvalue weighted by Gasteiger charge is -2.30. The third-order valence-electron chi connectivity index (χ3n) is 2.96. The van der Waals surface area contributed by atoms with E-state index in [-0.39, 0.29) is 25.1 Å². The lowest BCUT2D eigenvalue weighted by molar-refractivity contribution is -0.145. The van der Waals surface area contributed by atoms with Crippen molar-refractivity contribution in [3.63, 3.8) is 0 Å². The number of amides is 2. The van der Waals surface area contributed by atoms with Crippen molar-refractivity contribution in [2.24, 2.45) is 0 Å². The van der Waals surface area contributed by atoms with Crippen molar-refractivity contribution in [2.75, 3.05) is 13.2 Å². The Morgan fingerprint density at radius 1 is 1.30 bits per heavy atom. The van der Waals surface area contributed by atoms with Crippen LogP contribution in [0.2, 0.25) is 0 Å². The monoisotopic (exact) mass is 284 g/mol. The first-order valence-corrected chi connectivity index (χ1v) is 6.12. The van der Waals surface area contributed by atoms with Gasteiger partial charge in [-0.25, -0.2) is 14.0 Å². The molecule has 0 unspecified atom stereocenters. The van der Waals surface area contributed by atoms with E-state index in [4.69, 9.17) is 5.11 Å². The Morgan fingerprint density at radius 3 is 2.35 bits per heavy atom. The van der Waals surface area contributed by atoms with E-state index in [1.54, 1.807) is 6.92 Å². The number of carboxylic acids is 1. The molecule has 0 aromatic heterocycles. The fraction of sp³-hybridized carbons (Fsp3) is 0.385. The van der Waals surface area contributed by atoms with Crippen molar-refractivity contribution in [1.82, 2.24) is 10.6 Å². The average Bonchev–Trinajstić information content (AvgIpc) is 2.43. The van der Waals surface area contributed by atoms with Gasteiger partial charge < -0.3 is 20.8 Å². The molecular weight excluding hydrogens is 267 g/mol. The normalized spacial score (nSPS) is 13.3. The predicted octanol–water partition coefficient (Wildman–Crippen LogP) is 0.807. The van der Waals surface area contributed by atoms with Gasteiger partial charge in [0.2, 0.25) is 0 Å². The molecule has 0 saturated carbocycles. The largest absolute Gasteiger partial charge is 0.479 e. The summed E-state index contributed by atoms with van der Waals surface area (Å²) in [5.74, 6) is -1.74. The topological polar surface area (TPSA) is 98.7 Å². The molecule has 110 valence electrons. The van der Waals surface area contributed by atoms with Crippen LogP contribution in [0.4, 0.5) is 9.18 Å². The highest BCUT2D eigenvalue weighted by Crippen LogP contribution is 2.25. The van der Waals surface area contributed by atoms with Crippen molar-refractivity contribution in [3.05, 3.63) is 35.6 Å². The molecule has 6 nitrogen and oxygen atoms in total. The summed E-state index contributed by atoms with van der Waals surface area (Å²) in [6.07, 6.45) is 0.0838. The van der Waals surface area contributed by atoms with Gasteiger partial charge in [-0.15, -0.1) is 0 Å². The summed E-state index contributed by atoms with van der Waals surface area (Å²) in [6.45, 7) is 1.36. The van der Waals surface area contributed by atoms with E-state index in [0.29, 0.717) is 0 Å². The molecule has 1 aromatic carbocycles. The molecular formula is C13H17FN2O4. The third kappa shape index (κ3) is 3.45. The number of nitrogens with one attached hydrogen (secondary N) is 2. The molecule has 2 amide bonds. The van der Waals surface area contributed by atoms with E-state index in [1.165, 1.54) is 12.1 Å². The van der Waals surface area contributed by atoms with Crippen LogP contribution in [-0.4, -0.2) is 35.4 Å². The van der Waals surface area contributed by atoms with Crippen molar-refractivity contribution >= 4 is 12.0 Å². The highest BCUT2D eigenvalue weighted by atomic mass is 19.1. The minimum atomic E-state index is -1.65. The van der Waals surface area contributed by atoms with Gasteiger partial charge in [-0.2, -0.15) is 0 Å². The molecule has 1 rings (SSSR count). The summed E-state index contributed by atoms with van der Waals surface area (Å²) >= 11 is 0. The lowest BCUT2D eigenvalue weighted by Crippen LogP contribution is -2.54. The van der Waals surface area contributed by atoms with Crippen LogP contribution in [0, 0.1) is 5.82 Å². The Labute approximate surface area is 115 Å². The van der Waals surface area contributed by atoms with E-state index in [1.807, 2.05) is 0 Å². The summed E-state index contributed by atoms with van der Waals surface area (Å²) < 4.78 is 12.9.